The lowest BCUT2D eigenvalue weighted by Crippen LogP contribution is -2.33. The molecule has 3 aromatic rings. The average Bonchev–Trinajstić information content (AvgIpc) is 3.36. The number of aromatic nitrogens is 3. The van der Waals surface area contributed by atoms with Crippen LogP contribution in [0.15, 0.2) is 52.2 Å². The van der Waals surface area contributed by atoms with E-state index in [0.717, 1.165) is 23.6 Å². The molecule has 3 rings (SSSR count). The van der Waals surface area contributed by atoms with Gasteiger partial charge >= 0.3 is 0 Å². The van der Waals surface area contributed by atoms with Crippen molar-refractivity contribution in [3.63, 3.8) is 0 Å². The summed E-state index contributed by atoms with van der Waals surface area (Å²) in [5.74, 6) is 1.87. The van der Waals surface area contributed by atoms with E-state index in [-0.39, 0.29) is 17.4 Å². The first-order valence-electron chi connectivity index (χ1n) is 10.3. The molecule has 0 fully saturated rings. The Labute approximate surface area is 182 Å². The van der Waals surface area contributed by atoms with Gasteiger partial charge in [0, 0.05) is 11.6 Å². The molecular weight excluding hydrogens is 396 g/mol. The van der Waals surface area contributed by atoms with Crippen LogP contribution in [0.25, 0.3) is 11.4 Å². The van der Waals surface area contributed by atoms with Crippen LogP contribution in [-0.4, -0.2) is 32.5 Å². The number of rotatable bonds is 8. The molecule has 0 aliphatic carbocycles. The second-order valence-corrected chi connectivity index (χ2v) is 9.41. The monoisotopic (exact) mass is 426 g/mol. The van der Waals surface area contributed by atoms with Crippen molar-refractivity contribution in [1.82, 2.24) is 20.1 Å². The van der Waals surface area contributed by atoms with Crippen molar-refractivity contribution in [2.24, 2.45) is 0 Å². The Morgan fingerprint density at radius 2 is 1.93 bits per heavy atom. The molecular formula is C23H30N4O2S. The second-order valence-electron chi connectivity index (χ2n) is 8.46. The maximum atomic E-state index is 12.2. The molecule has 30 heavy (non-hydrogen) atoms. The van der Waals surface area contributed by atoms with Crippen molar-refractivity contribution in [2.45, 2.75) is 64.2 Å². The van der Waals surface area contributed by atoms with Gasteiger partial charge in [-0.3, -0.25) is 9.36 Å². The summed E-state index contributed by atoms with van der Waals surface area (Å²) in [5.41, 5.74) is 2.34. The number of benzene rings is 1. The summed E-state index contributed by atoms with van der Waals surface area (Å²) in [6, 6.07) is 12.4. The number of hydrogen-bond donors (Lipinski definition) is 1. The van der Waals surface area contributed by atoms with Crippen molar-refractivity contribution >= 4 is 17.7 Å². The van der Waals surface area contributed by atoms with Gasteiger partial charge in [0.1, 0.15) is 5.76 Å². The predicted octanol–water partition coefficient (Wildman–Crippen LogP) is 4.89. The normalized spacial score (nSPS) is 12.7. The van der Waals surface area contributed by atoms with Crippen LogP contribution in [0.3, 0.4) is 0 Å². The summed E-state index contributed by atoms with van der Waals surface area (Å²) in [7, 11) is 0. The van der Waals surface area contributed by atoms with Gasteiger partial charge in [-0.25, -0.2) is 0 Å². The molecule has 0 spiro atoms. The van der Waals surface area contributed by atoms with Gasteiger partial charge in [-0.2, -0.15) is 0 Å². The van der Waals surface area contributed by atoms with Crippen LogP contribution in [0.5, 0.6) is 0 Å². The highest BCUT2D eigenvalue weighted by atomic mass is 32.2. The maximum Gasteiger partial charge on any atom is 0.230 e. The molecule has 0 bridgehead atoms. The van der Waals surface area contributed by atoms with E-state index in [1.54, 1.807) is 6.26 Å². The van der Waals surface area contributed by atoms with Crippen LogP contribution >= 0.6 is 11.8 Å². The SMILES string of the molecule is CC[C@H](C)NC(=O)CSc1nnc(-c2ccc(C(C)(C)C)cc2)n1Cc1ccco1. The van der Waals surface area contributed by atoms with Crippen LogP contribution < -0.4 is 5.32 Å². The van der Waals surface area contributed by atoms with Crippen molar-refractivity contribution in [3.8, 4) is 11.4 Å². The molecule has 1 atom stereocenters. The smallest absolute Gasteiger partial charge is 0.230 e. The van der Waals surface area contributed by atoms with E-state index in [1.807, 2.05) is 23.6 Å². The zero-order chi connectivity index (χ0) is 21.7. The van der Waals surface area contributed by atoms with Gasteiger partial charge < -0.3 is 9.73 Å². The Morgan fingerprint density at radius 1 is 1.20 bits per heavy atom. The van der Waals surface area contributed by atoms with E-state index < -0.39 is 0 Å². The lowest BCUT2D eigenvalue weighted by atomic mass is 9.87. The van der Waals surface area contributed by atoms with Gasteiger partial charge in [0.15, 0.2) is 11.0 Å². The fourth-order valence-electron chi connectivity index (χ4n) is 2.98. The third-order valence-electron chi connectivity index (χ3n) is 4.97. The lowest BCUT2D eigenvalue weighted by Gasteiger charge is -2.19. The first kappa shape index (κ1) is 22.2. The first-order valence-corrected chi connectivity index (χ1v) is 11.2. The minimum absolute atomic E-state index is 0.00187. The number of carbonyl (C=O) groups excluding carboxylic acids is 1. The molecule has 0 saturated heterocycles. The summed E-state index contributed by atoms with van der Waals surface area (Å²) in [4.78, 5) is 12.2. The number of nitrogens with zero attached hydrogens (tertiary/aromatic N) is 3. The van der Waals surface area contributed by atoms with Crippen molar-refractivity contribution in [1.29, 1.82) is 0 Å². The molecule has 2 heterocycles. The molecule has 0 unspecified atom stereocenters. The fraction of sp³-hybridized carbons (Fsp3) is 0.435. The van der Waals surface area contributed by atoms with Gasteiger partial charge in [0.25, 0.3) is 0 Å². The molecule has 1 aromatic carbocycles. The van der Waals surface area contributed by atoms with Crippen LogP contribution in [-0.2, 0) is 16.8 Å². The summed E-state index contributed by atoms with van der Waals surface area (Å²) >= 11 is 1.39. The fourth-order valence-corrected chi connectivity index (χ4v) is 3.73. The van der Waals surface area contributed by atoms with Crippen molar-refractivity contribution in [3.05, 3.63) is 54.0 Å². The van der Waals surface area contributed by atoms with E-state index >= 15 is 0 Å². The number of carbonyl (C=O) groups is 1. The Bertz CT molecular complexity index is 956. The first-order chi connectivity index (χ1) is 14.3. The van der Waals surface area contributed by atoms with Crippen LogP contribution in [0, 0.1) is 0 Å². The number of nitrogens with one attached hydrogen (secondary N) is 1. The largest absolute Gasteiger partial charge is 0.467 e. The van der Waals surface area contributed by atoms with E-state index in [1.165, 1.54) is 17.3 Å². The van der Waals surface area contributed by atoms with E-state index in [9.17, 15) is 4.79 Å². The van der Waals surface area contributed by atoms with Gasteiger partial charge in [0.05, 0.1) is 18.6 Å². The highest BCUT2D eigenvalue weighted by Crippen LogP contribution is 2.28. The Kier molecular flexibility index (Phi) is 7.02. The van der Waals surface area contributed by atoms with Crippen molar-refractivity contribution < 1.29 is 9.21 Å². The molecule has 160 valence electrons. The summed E-state index contributed by atoms with van der Waals surface area (Å²) in [5, 5.41) is 12.5. The topological polar surface area (TPSA) is 73.0 Å². The van der Waals surface area contributed by atoms with E-state index in [4.69, 9.17) is 4.42 Å². The molecule has 2 aromatic heterocycles. The third-order valence-corrected chi connectivity index (χ3v) is 5.94. The van der Waals surface area contributed by atoms with Gasteiger partial charge in [-0.05, 0) is 36.5 Å². The standard InChI is InChI=1S/C23H30N4O2S/c1-6-16(2)24-20(28)15-30-22-26-25-21(27(22)14-19-8-7-13-29-19)17-9-11-18(12-10-17)23(3,4)5/h7-13,16H,6,14-15H2,1-5H3,(H,24,28)/t16-/m0/s1. The summed E-state index contributed by atoms with van der Waals surface area (Å²) in [6.07, 6.45) is 2.56. The molecule has 1 amide bonds. The third kappa shape index (κ3) is 5.53. The quantitative estimate of drug-likeness (QED) is 0.519. The molecule has 0 saturated carbocycles. The molecule has 6 nitrogen and oxygen atoms in total. The van der Waals surface area contributed by atoms with E-state index in [0.29, 0.717) is 17.5 Å². The average molecular weight is 427 g/mol. The van der Waals surface area contributed by atoms with Gasteiger partial charge in [-0.15, -0.1) is 10.2 Å². The van der Waals surface area contributed by atoms with Gasteiger partial charge in [-0.1, -0.05) is 63.7 Å². The highest BCUT2D eigenvalue weighted by molar-refractivity contribution is 7.99. The van der Waals surface area contributed by atoms with Crippen molar-refractivity contribution in [2.75, 3.05) is 5.75 Å². The molecule has 7 heteroatoms. The number of thioether (sulfide) groups is 1. The van der Waals surface area contributed by atoms with Gasteiger partial charge in [0.2, 0.25) is 5.91 Å². The number of furan rings is 1. The highest BCUT2D eigenvalue weighted by Gasteiger charge is 2.19. The zero-order valence-electron chi connectivity index (χ0n) is 18.3. The minimum Gasteiger partial charge on any atom is -0.467 e. The summed E-state index contributed by atoms with van der Waals surface area (Å²) in [6.45, 7) is 11.1. The minimum atomic E-state index is -0.00187. The Balaban J connectivity index is 1.85. The van der Waals surface area contributed by atoms with Crippen LogP contribution in [0.4, 0.5) is 0 Å². The number of hydrogen-bond acceptors (Lipinski definition) is 5. The Morgan fingerprint density at radius 3 is 2.53 bits per heavy atom. The lowest BCUT2D eigenvalue weighted by molar-refractivity contribution is -0.119. The number of amides is 1. The summed E-state index contributed by atoms with van der Waals surface area (Å²) < 4.78 is 7.55. The maximum absolute atomic E-state index is 12.2. The molecule has 1 N–H and O–H groups in total. The van der Waals surface area contributed by atoms with Crippen LogP contribution in [0.2, 0.25) is 0 Å². The zero-order valence-corrected chi connectivity index (χ0v) is 19.1. The molecule has 0 radical (unpaired) electrons. The second kappa shape index (κ2) is 9.51. The predicted molar refractivity (Wildman–Crippen MR) is 121 cm³/mol. The van der Waals surface area contributed by atoms with E-state index in [2.05, 4.69) is 67.5 Å². The Hall–Kier alpha value is -2.54. The molecule has 0 aliphatic rings. The van der Waals surface area contributed by atoms with Crippen LogP contribution in [0.1, 0.15) is 52.4 Å². The molecule has 0 aliphatic heterocycles.